The number of esters is 1. The van der Waals surface area contributed by atoms with E-state index in [9.17, 15) is 24.0 Å². The maximum absolute atomic E-state index is 13.0. The highest BCUT2D eigenvalue weighted by Crippen LogP contribution is 2.33. The number of anilines is 6. The van der Waals surface area contributed by atoms with Crippen LogP contribution >= 0.6 is 22.7 Å². The number of amides is 4. The molecule has 0 spiro atoms. The van der Waals surface area contributed by atoms with Gasteiger partial charge in [-0.05, 0) is 90.5 Å². The van der Waals surface area contributed by atoms with E-state index in [0.717, 1.165) is 22.7 Å². The van der Waals surface area contributed by atoms with Gasteiger partial charge in [-0.25, -0.2) is 9.97 Å². The molecule has 0 fully saturated rings. The van der Waals surface area contributed by atoms with Crippen molar-refractivity contribution < 1.29 is 38.2 Å². The lowest BCUT2D eigenvalue weighted by Crippen LogP contribution is -2.17. The smallest absolute Gasteiger partial charge is 0.315 e. The van der Waals surface area contributed by atoms with Gasteiger partial charge < -0.3 is 46.9 Å². The second-order valence-electron chi connectivity index (χ2n) is 11.6. The molecular formula is C38H32N8O8S2. The zero-order valence-corrected chi connectivity index (χ0v) is 31.2. The number of ether oxygens (including phenoxy) is 3. The number of methoxy groups -OCH3 is 2. The SMILES string of the molecule is COc1ccc(Nc2nc(C(N)=O)c(NC(=O)c3ccc(CC(=O)Oc4ccc(C(=O)Nc5sc(Nc6ccc(OC)cc6)nc5C(N)=O)cc4)cc3)s2)cc1. The first-order valence-corrected chi connectivity index (χ1v) is 18.1. The Morgan fingerprint density at radius 1 is 0.571 bits per heavy atom. The fraction of sp³-hybridized carbons (Fsp3) is 0.0789. The summed E-state index contributed by atoms with van der Waals surface area (Å²) in [5.41, 5.74) is 13.2. The van der Waals surface area contributed by atoms with E-state index >= 15 is 0 Å². The van der Waals surface area contributed by atoms with Crippen LogP contribution in [0, 0.1) is 0 Å². The van der Waals surface area contributed by atoms with Crippen molar-refractivity contribution in [1.82, 2.24) is 9.97 Å². The number of primary amides is 2. The molecule has 0 aliphatic rings. The minimum absolute atomic E-state index is 0.0998. The number of carbonyl (C=O) groups is 5. The Bertz CT molecular complexity index is 2230. The van der Waals surface area contributed by atoms with E-state index in [2.05, 4.69) is 31.2 Å². The molecule has 284 valence electrons. The van der Waals surface area contributed by atoms with Crippen molar-refractivity contribution in [1.29, 1.82) is 0 Å². The van der Waals surface area contributed by atoms with Crippen LogP contribution < -0.4 is 46.9 Å². The second kappa shape index (κ2) is 17.2. The standard InChI is InChI=1S/C38H32N8O8S2/c1-52-25-15-9-23(10-16-25)41-37-43-29(31(39)48)35(55-37)45-33(50)21-5-3-20(4-6-21)19-28(47)54-27-13-7-22(8-14-27)34(51)46-36-30(32(40)49)44-38(56-36)42-24-11-17-26(53-2)18-12-24/h3-18H,19H2,1-2H3,(H2,39,48)(H2,40,49)(H,41,43)(H,42,44)(H,45,50)(H,46,51). The molecule has 0 radical (unpaired) electrons. The fourth-order valence-electron chi connectivity index (χ4n) is 4.98. The predicted molar refractivity (Wildman–Crippen MR) is 212 cm³/mol. The summed E-state index contributed by atoms with van der Waals surface area (Å²) in [4.78, 5) is 71.4. The summed E-state index contributed by atoms with van der Waals surface area (Å²) in [5, 5.41) is 12.5. The zero-order chi connectivity index (χ0) is 39.8. The summed E-state index contributed by atoms with van der Waals surface area (Å²) in [5.74, 6) is -1.74. The number of hydrogen-bond donors (Lipinski definition) is 6. The summed E-state index contributed by atoms with van der Waals surface area (Å²) >= 11 is 2.07. The number of nitrogens with two attached hydrogens (primary N) is 2. The van der Waals surface area contributed by atoms with Gasteiger partial charge in [-0.3, -0.25) is 24.0 Å². The zero-order valence-electron chi connectivity index (χ0n) is 29.6. The van der Waals surface area contributed by atoms with E-state index < -0.39 is 29.6 Å². The van der Waals surface area contributed by atoms with E-state index in [4.69, 9.17) is 25.7 Å². The Morgan fingerprint density at radius 3 is 1.36 bits per heavy atom. The van der Waals surface area contributed by atoms with Crippen LogP contribution in [0.2, 0.25) is 0 Å². The Kier molecular flexibility index (Phi) is 11.8. The number of hydrogen-bond acceptors (Lipinski definition) is 14. The lowest BCUT2D eigenvalue weighted by Gasteiger charge is -2.08. The Balaban J connectivity index is 1.02. The van der Waals surface area contributed by atoms with E-state index in [1.54, 1.807) is 74.9 Å². The quantitative estimate of drug-likeness (QED) is 0.0522. The largest absolute Gasteiger partial charge is 0.497 e. The highest BCUT2D eigenvalue weighted by Gasteiger charge is 2.21. The molecule has 4 amide bonds. The van der Waals surface area contributed by atoms with Crippen molar-refractivity contribution in [2.24, 2.45) is 11.5 Å². The molecule has 0 saturated carbocycles. The Morgan fingerprint density at radius 2 is 0.964 bits per heavy atom. The van der Waals surface area contributed by atoms with Crippen LogP contribution in [0.3, 0.4) is 0 Å². The highest BCUT2D eigenvalue weighted by molar-refractivity contribution is 7.20. The van der Waals surface area contributed by atoms with Crippen LogP contribution in [-0.2, 0) is 11.2 Å². The molecular weight excluding hydrogens is 761 g/mol. The molecule has 0 aliphatic heterocycles. The number of benzene rings is 4. The van der Waals surface area contributed by atoms with Crippen LogP contribution in [0.15, 0.2) is 97.1 Å². The van der Waals surface area contributed by atoms with Gasteiger partial charge in [0, 0.05) is 22.5 Å². The number of nitrogens with zero attached hydrogens (tertiary/aromatic N) is 2. The van der Waals surface area contributed by atoms with Crippen molar-refractivity contribution in [3.8, 4) is 17.2 Å². The third-order valence-electron chi connectivity index (χ3n) is 7.77. The molecule has 2 heterocycles. The Hall–Kier alpha value is -7.31. The van der Waals surface area contributed by atoms with Crippen LogP contribution in [0.4, 0.5) is 31.6 Å². The maximum atomic E-state index is 13.0. The van der Waals surface area contributed by atoms with Gasteiger partial charge in [0.05, 0.1) is 20.6 Å². The number of nitrogens with one attached hydrogen (secondary N) is 4. The first-order valence-electron chi connectivity index (χ1n) is 16.4. The summed E-state index contributed by atoms with van der Waals surface area (Å²) in [6.07, 6.45) is -0.112. The highest BCUT2D eigenvalue weighted by atomic mass is 32.1. The molecule has 6 rings (SSSR count). The van der Waals surface area contributed by atoms with Crippen LogP contribution in [0.5, 0.6) is 17.2 Å². The van der Waals surface area contributed by atoms with Gasteiger partial charge in [0.15, 0.2) is 21.7 Å². The monoisotopic (exact) mass is 792 g/mol. The third kappa shape index (κ3) is 9.61. The van der Waals surface area contributed by atoms with Crippen molar-refractivity contribution in [3.05, 3.63) is 125 Å². The normalized spacial score (nSPS) is 10.5. The van der Waals surface area contributed by atoms with Gasteiger partial charge in [0.2, 0.25) is 0 Å². The van der Waals surface area contributed by atoms with Crippen molar-refractivity contribution >= 4 is 83.9 Å². The van der Waals surface area contributed by atoms with Gasteiger partial charge in [-0.1, -0.05) is 34.8 Å². The third-order valence-corrected chi connectivity index (χ3v) is 9.54. The van der Waals surface area contributed by atoms with E-state index in [1.165, 1.54) is 36.4 Å². The first kappa shape index (κ1) is 38.4. The molecule has 18 heteroatoms. The molecule has 0 saturated heterocycles. The molecule has 6 aromatic rings. The average Bonchev–Trinajstić information content (AvgIpc) is 3.79. The molecule has 56 heavy (non-hydrogen) atoms. The number of carbonyl (C=O) groups excluding carboxylic acids is 5. The number of aromatic nitrogens is 2. The summed E-state index contributed by atoms with van der Waals surface area (Å²) in [6.45, 7) is 0. The van der Waals surface area contributed by atoms with Crippen LogP contribution in [0.1, 0.15) is 47.3 Å². The predicted octanol–water partition coefficient (Wildman–Crippen LogP) is 5.95. The second-order valence-corrected chi connectivity index (χ2v) is 13.6. The first-order chi connectivity index (χ1) is 27.0. The summed E-state index contributed by atoms with van der Waals surface area (Å²) in [6, 6.07) is 26.2. The van der Waals surface area contributed by atoms with E-state index in [0.29, 0.717) is 38.7 Å². The van der Waals surface area contributed by atoms with Gasteiger partial charge in [-0.15, -0.1) is 0 Å². The molecule has 4 aromatic carbocycles. The summed E-state index contributed by atoms with van der Waals surface area (Å²) < 4.78 is 15.8. The van der Waals surface area contributed by atoms with Crippen LogP contribution in [0.25, 0.3) is 0 Å². The molecule has 8 N–H and O–H groups in total. The lowest BCUT2D eigenvalue weighted by molar-refractivity contribution is -0.133. The van der Waals surface area contributed by atoms with Crippen LogP contribution in [-0.4, -0.2) is 53.8 Å². The topological polar surface area (TPSA) is 239 Å². The van der Waals surface area contributed by atoms with Crippen molar-refractivity contribution in [2.75, 3.05) is 35.5 Å². The van der Waals surface area contributed by atoms with E-state index in [-0.39, 0.29) is 44.7 Å². The summed E-state index contributed by atoms with van der Waals surface area (Å²) in [7, 11) is 3.11. The average molecular weight is 793 g/mol. The Labute approximate surface area is 326 Å². The van der Waals surface area contributed by atoms with E-state index in [1.807, 2.05) is 0 Å². The van der Waals surface area contributed by atoms with Gasteiger partial charge in [0.25, 0.3) is 23.6 Å². The molecule has 0 bridgehead atoms. The molecule has 0 atom stereocenters. The minimum atomic E-state index is -0.817. The van der Waals surface area contributed by atoms with Gasteiger partial charge in [0.1, 0.15) is 27.3 Å². The minimum Gasteiger partial charge on any atom is -0.497 e. The molecule has 0 unspecified atom stereocenters. The fourth-order valence-corrected chi connectivity index (χ4v) is 6.75. The molecule has 2 aromatic heterocycles. The molecule has 0 aliphatic carbocycles. The van der Waals surface area contributed by atoms with Crippen molar-refractivity contribution in [2.45, 2.75) is 6.42 Å². The number of thiazole rings is 2. The van der Waals surface area contributed by atoms with Gasteiger partial charge >= 0.3 is 5.97 Å². The number of rotatable bonds is 15. The maximum Gasteiger partial charge on any atom is 0.315 e. The van der Waals surface area contributed by atoms with Gasteiger partial charge in [-0.2, -0.15) is 0 Å². The molecule has 16 nitrogen and oxygen atoms in total. The van der Waals surface area contributed by atoms with Crippen molar-refractivity contribution in [3.63, 3.8) is 0 Å². The lowest BCUT2D eigenvalue weighted by atomic mass is 10.1.